The Bertz CT molecular complexity index is 880. The van der Waals surface area contributed by atoms with Gasteiger partial charge in [0.05, 0.1) is 22.9 Å². The topological polar surface area (TPSA) is 67.0 Å². The highest BCUT2D eigenvalue weighted by Gasteiger charge is 2.17. The van der Waals surface area contributed by atoms with Crippen molar-refractivity contribution in [1.82, 2.24) is 9.97 Å². The van der Waals surface area contributed by atoms with Gasteiger partial charge in [0.25, 0.3) is 0 Å². The number of amides is 1. The van der Waals surface area contributed by atoms with E-state index in [0.717, 1.165) is 16.8 Å². The highest BCUT2D eigenvalue weighted by molar-refractivity contribution is 8.00. The number of nitrogens with one attached hydrogen (secondary N) is 2. The Labute approximate surface area is 149 Å². The van der Waals surface area contributed by atoms with Crippen molar-refractivity contribution in [2.45, 2.75) is 24.3 Å². The summed E-state index contributed by atoms with van der Waals surface area (Å²) in [4.78, 5) is 19.9. The molecule has 0 aliphatic rings. The zero-order chi connectivity index (χ0) is 17.8. The summed E-state index contributed by atoms with van der Waals surface area (Å²) in [5.41, 5.74) is 2.24. The molecule has 2 aromatic carbocycles. The van der Waals surface area contributed by atoms with Gasteiger partial charge < -0.3 is 15.0 Å². The molecule has 3 rings (SSSR count). The van der Waals surface area contributed by atoms with Crippen molar-refractivity contribution in [3.05, 3.63) is 48.3 Å². The molecule has 0 spiro atoms. The summed E-state index contributed by atoms with van der Waals surface area (Å²) in [6, 6.07) is 11.3. The molecule has 0 saturated heterocycles. The SMILES string of the molecule is CCOc1ccc2nc(S[C@H](C)C(=O)Nc3ccc(F)cc3)[nH]c2c1. The van der Waals surface area contributed by atoms with E-state index in [-0.39, 0.29) is 17.0 Å². The third-order valence-corrected chi connectivity index (χ3v) is 4.50. The van der Waals surface area contributed by atoms with Crippen molar-refractivity contribution in [3.63, 3.8) is 0 Å². The fourth-order valence-corrected chi connectivity index (χ4v) is 3.10. The van der Waals surface area contributed by atoms with E-state index in [0.29, 0.717) is 17.5 Å². The number of thioether (sulfide) groups is 1. The van der Waals surface area contributed by atoms with Gasteiger partial charge >= 0.3 is 0 Å². The molecule has 0 saturated carbocycles. The van der Waals surface area contributed by atoms with Crippen LogP contribution in [0.4, 0.5) is 10.1 Å². The lowest BCUT2D eigenvalue weighted by molar-refractivity contribution is -0.115. The van der Waals surface area contributed by atoms with Crippen LogP contribution in [0.3, 0.4) is 0 Å². The molecule has 1 heterocycles. The summed E-state index contributed by atoms with van der Waals surface area (Å²) < 4.78 is 18.4. The quantitative estimate of drug-likeness (QED) is 0.647. The fourth-order valence-electron chi connectivity index (χ4n) is 2.28. The lowest BCUT2D eigenvalue weighted by Crippen LogP contribution is -2.22. The van der Waals surface area contributed by atoms with Crippen LogP contribution in [0.15, 0.2) is 47.6 Å². The van der Waals surface area contributed by atoms with Gasteiger partial charge in [-0.15, -0.1) is 0 Å². The molecule has 7 heteroatoms. The molecule has 1 aromatic heterocycles. The molecule has 0 fully saturated rings. The minimum absolute atomic E-state index is 0.174. The average Bonchev–Trinajstić information content (AvgIpc) is 2.98. The molecule has 5 nitrogen and oxygen atoms in total. The smallest absolute Gasteiger partial charge is 0.237 e. The number of aromatic amines is 1. The number of carbonyl (C=O) groups excluding carboxylic acids is 1. The highest BCUT2D eigenvalue weighted by Crippen LogP contribution is 2.26. The van der Waals surface area contributed by atoms with Gasteiger partial charge in [-0.05, 0) is 50.2 Å². The molecule has 0 bridgehead atoms. The molecule has 2 N–H and O–H groups in total. The zero-order valence-electron chi connectivity index (χ0n) is 13.9. The summed E-state index contributed by atoms with van der Waals surface area (Å²) in [6.07, 6.45) is 0. The van der Waals surface area contributed by atoms with E-state index in [2.05, 4.69) is 15.3 Å². The lowest BCUT2D eigenvalue weighted by Gasteiger charge is -2.10. The number of carbonyl (C=O) groups is 1. The number of ether oxygens (including phenoxy) is 1. The average molecular weight is 359 g/mol. The second kappa shape index (κ2) is 7.57. The van der Waals surface area contributed by atoms with Crippen molar-refractivity contribution in [3.8, 4) is 5.75 Å². The third kappa shape index (κ3) is 4.30. The minimum Gasteiger partial charge on any atom is -0.494 e. The Morgan fingerprint density at radius 3 is 2.80 bits per heavy atom. The first-order chi connectivity index (χ1) is 12.0. The number of fused-ring (bicyclic) bond motifs is 1. The summed E-state index contributed by atoms with van der Waals surface area (Å²) in [7, 11) is 0. The lowest BCUT2D eigenvalue weighted by atomic mass is 10.3. The number of H-pyrrole nitrogens is 1. The Morgan fingerprint density at radius 1 is 1.32 bits per heavy atom. The molecule has 0 unspecified atom stereocenters. The first-order valence-electron chi connectivity index (χ1n) is 7.91. The molecule has 1 amide bonds. The van der Waals surface area contributed by atoms with Crippen LogP contribution in [-0.4, -0.2) is 27.7 Å². The predicted octanol–water partition coefficient (Wildman–Crippen LogP) is 4.22. The molecular formula is C18H18FN3O2S. The largest absolute Gasteiger partial charge is 0.494 e. The maximum absolute atomic E-state index is 12.9. The Morgan fingerprint density at radius 2 is 2.08 bits per heavy atom. The number of hydrogen-bond acceptors (Lipinski definition) is 4. The van der Waals surface area contributed by atoms with E-state index >= 15 is 0 Å². The van der Waals surface area contributed by atoms with Crippen molar-refractivity contribution < 1.29 is 13.9 Å². The Kier molecular flexibility index (Phi) is 5.23. The normalized spacial score (nSPS) is 12.1. The van der Waals surface area contributed by atoms with Crippen LogP contribution < -0.4 is 10.1 Å². The number of rotatable bonds is 6. The number of halogens is 1. The van der Waals surface area contributed by atoms with Gasteiger partial charge in [-0.1, -0.05) is 11.8 Å². The van der Waals surface area contributed by atoms with E-state index in [9.17, 15) is 9.18 Å². The summed E-state index contributed by atoms with van der Waals surface area (Å²) in [5.74, 6) is 0.262. The summed E-state index contributed by atoms with van der Waals surface area (Å²) in [5, 5.41) is 3.05. The van der Waals surface area contributed by atoms with Crippen molar-refractivity contribution in [2.24, 2.45) is 0 Å². The Balaban J connectivity index is 1.67. The number of aromatic nitrogens is 2. The predicted molar refractivity (Wildman–Crippen MR) is 97.6 cm³/mol. The van der Waals surface area contributed by atoms with Crippen LogP contribution in [-0.2, 0) is 4.79 Å². The van der Waals surface area contributed by atoms with Crippen LogP contribution in [0.5, 0.6) is 5.75 Å². The van der Waals surface area contributed by atoms with Gasteiger partial charge in [0, 0.05) is 11.8 Å². The van der Waals surface area contributed by atoms with E-state index < -0.39 is 0 Å². The molecule has 0 aliphatic heterocycles. The second-order valence-electron chi connectivity index (χ2n) is 5.41. The van der Waals surface area contributed by atoms with E-state index in [1.807, 2.05) is 25.1 Å². The molecular weight excluding hydrogens is 341 g/mol. The van der Waals surface area contributed by atoms with Gasteiger partial charge in [-0.2, -0.15) is 0 Å². The van der Waals surface area contributed by atoms with Gasteiger partial charge in [-0.25, -0.2) is 9.37 Å². The fraction of sp³-hybridized carbons (Fsp3) is 0.222. The highest BCUT2D eigenvalue weighted by atomic mass is 32.2. The van der Waals surface area contributed by atoms with Crippen LogP contribution in [0.1, 0.15) is 13.8 Å². The maximum atomic E-state index is 12.9. The van der Waals surface area contributed by atoms with E-state index in [1.165, 1.54) is 36.0 Å². The van der Waals surface area contributed by atoms with Crippen LogP contribution >= 0.6 is 11.8 Å². The standard InChI is InChI=1S/C18H18FN3O2S/c1-3-24-14-8-9-15-16(10-14)22-18(21-15)25-11(2)17(23)20-13-6-4-12(19)5-7-13/h4-11H,3H2,1-2H3,(H,20,23)(H,21,22)/t11-/m1/s1. The molecule has 0 aliphatic carbocycles. The summed E-state index contributed by atoms with van der Waals surface area (Å²) >= 11 is 1.33. The third-order valence-electron chi connectivity index (χ3n) is 3.51. The van der Waals surface area contributed by atoms with E-state index in [1.54, 1.807) is 6.92 Å². The van der Waals surface area contributed by atoms with E-state index in [4.69, 9.17) is 4.74 Å². The van der Waals surface area contributed by atoms with Crippen LogP contribution in [0.2, 0.25) is 0 Å². The van der Waals surface area contributed by atoms with Gasteiger partial charge in [-0.3, -0.25) is 4.79 Å². The summed E-state index contributed by atoms with van der Waals surface area (Å²) in [6.45, 7) is 4.32. The van der Waals surface area contributed by atoms with Crippen molar-refractivity contribution >= 4 is 34.4 Å². The van der Waals surface area contributed by atoms with Crippen LogP contribution in [0, 0.1) is 5.82 Å². The first-order valence-corrected chi connectivity index (χ1v) is 8.79. The molecule has 25 heavy (non-hydrogen) atoms. The number of anilines is 1. The second-order valence-corrected chi connectivity index (χ2v) is 6.74. The Hall–Kier alpha value is -2.54. The maximum Gasteiger partial charge on any atom is 0.237 e. The van der Waals surface area contributed by atoms with Crippen molar-refractivity contribution in [1.29, 1.82) is 0 Å². The number of imidazole rings is 1. The first kappa shape index (κ1) is 17.3. The monoisotopic (exact) mass is 359 g/mol. The number of nitrogens with zero attached hydrogens (tertiary/aromatic N) is 1. The van der Waals surface area contributed by atoms with Gasteiger partial charge in [0.15, 0.2) is 5.16 Å². The molecule has 3 aromatic rings. The minimum atomic E-state index is -0.364. The van der Waals surface area contributed by atoms with Crippen molar-refractivity contribution in [2.75, 3.05) is 11.9 Å². The number of hydrogen-bond donors (Lipinski definition) is 2. The van der Waals surface area contributed by atoms with Crippen LogP contribution in [0.25, 0.3) is 11.0 Å². The zero-order valence-corrected chi connectivity index (χ0v) is 14.7. The number of benzene rings is 2. The molecule has 130 valence electrons. The molecule has 0 radical (unpaired) electrons. The van der Waals surface area contributed by atoms with Gasteiger partial charge in [0.2, 0.25) is 5.91 Å². The molecule has 1 atom stereocenters. The van der Waals surface area contributed by atoms with Gasteiger partial charge in [0.1, 0.15) is 11.6 Å².